The number of rotatable bonds is 0. The lowest BCUT2D eigenvalue weighted by atomic mass is 9.94. The number of hydrogen-bond donors (Lipinski definition) is 0. The minimum atomic E-state index is 1.32. The van der Waals surface area contributed by atoms with Crippen LogP contribution in [-0.2, 0) is 0 Å². The lowest BCUT2D eigenvalue weighted by Gasteiger charge is -2.12. The van der Waals surface area contributed by atoms with Crippen molar-refractivity contribution >= 4 is 73.8 Å². The molecule has 0 amide bonds. The highest BCUT2D eigenvalue weighted by molar-refractivity contribution is 7.36. The highest BCUT2D eigenvalue weighted by Crippen LogP contribution is 2.42. The summed E-state index contributed by atoms with van der Waals surface area (Å²) in [6, 6.07) is 26.8. The second-order valence-electron chi connectivity index (χ2n) is 6.24. The summed E-state index contributed by atoms with van der Waals surface area (Å²) < 4.78 is 5.52. The van der Waals surface area contributed by atoms with Crippen molar-refractivity contribution in [2.24, 2.45) is 0 Å². The molecule has 0 atom stereocenters. The molecule has 1 heterocycles. The van der Waals surface area contributed by atoms with E-state index in [0.29, 0.717) is 0 Å². The Morgan fingerprint density at radius 2 is 0.833 bits per heavy atom. The zero-order valence-corrected chi connectivity index (χ0v) is 14.4. The molecule has 0 N–H and O–H groups in total. The van der Waals surface area contributed by atoms with Crippen LogP contribution in [0.2, 0.25) is 0 Å². The predicted octanol–water partition coefficient (Wildman–Crippen LogP) is 7.58. The molecule has 2 heteroatoms. The first-order valence-corrected chi connectivity index (χ1v) is 9.66. The standard InChI is InChI=1S/C22H12S2/c1-2-6-14-10-20-19(9-13(14)5-1)23-21-11-17-15-7-3-4-8-16(15)18(17)12-22(21)24-20/h1-12H. The number of fused-ring (bicyclic) bond motifs is 7. The van der Waals surface area contributed by atoms with Crippen LogP contribution in [0.5, 0.6) is 0 Å². The van der Waals surface area contributed by atoms with E-state index in [1.165, 1.54) is 51.1 Å². The monoisotopic (exact) mass is 340 g/mol. The van der Waals surface area contributed by atoms with Crippen LogP contribution in [0.3, 0.4) is 0 Å². The van der Waals surface area contributed by atoms with Gasteiger partial charge < -0.3 is 0 Å². The van der Waals surface area contributed by atoms with Gasteiger partial charge in [0.2, 0.25) is 0 Å². The Bertz CT molecular complexity index is 1260. The fraction of sp³-hybridized carbons (Fsp3) is 0. The summed E-state index contributed by atoms with van der Waals surface area (Å²) >= 11 is 3.82. The summed E-state index contributed by atoms with van der Waals surface area (Å²) in [7, 11) is 0. The fourth-order valence-electron chi connectivity index (χ4n) is 3.65. The van der Waals surface area contributed by atoms with Gasteiger partial charge in [-0.15, -0.1) is 22.7 Å². The highest BCUT2D eigenvalue weighted by Gasteiger charge is 2.11. The van der Waals surface area contributed by atoms with Gasteiger partial charge in [0.1, 0.15) is 0 Å². The van der Waals surface area contributed by atoms with E-state index in [2.05, 4.69) is 72.8 Å². The Morgan fingerprint density at radius 1 is 0.417 bits per heavy atom. The lowest BCUT2D eigenvalue weighted by Crippen LogP contribution is -1.84. The molecule has 0 radical (unpaired) electrons. The molecule has 0 saturated heterocycles. The molecule has 0 unspecified atom stereocenters. The molecule has 24 heavy (non-hydrogen) atoms. The maximum Gasteiger partial charge on any atom is 0.0455 e. The molecule has 0 spiro atoms. The van der Waals surface area contributed by atoms with Crippen LogP contribution in [0.25, 0.3) is 51.1 Å². The first-order valence-electron chi connectivity index (χ1n) is 8.03. The van der Waals surface area contributed by atoms with Gasteiger partial charge in [-0.3, -0.25) is 0 Å². The fourth-order valence-corrected chi connectivity index (χ4v) is 5.99. The van der Waals surface area contributed by atoms with Gasteiger partial charge in [0.15, 0.2) is 0 Å². The summed E-state index contributed by atoms with van der Waals surface area (Å²) in [6.45, 7) is 0. The van der Waals surface area contributed by atoms with Gasteiger partial charge >= 0.3 is 0 Å². The first kappa shape index (κ1) is 12.9. The molecule has 0 aliphatic rings. The van der Waals surface area contributed by atoms with Crippen molar-refractivity contribution < 1.29 is 0 Å². The average Bonchev–Trinajstić information content (AvgIpc) is 2.62. The minimum absolute atomic E-state index is 1.32. The molecule has 0 fully saturated rings. The molecule has 6 aromatic rings. The van der Waals surface area contributed by atoms with E-state index in [9.17, 15) is 0 Å². The van der Waals surface area contributed by atoms with Gasteiger partial charge in [-0.25, -0.2) is 0 Å². The van der Waals surface area contributed by atoms with Crippen molar-refractivity contribution in [2.75, 3.05) is 0 Å². The Morgan fingerprint density at radius 3 is 1.33 bits per heavy atom. The summed E-state index contributed by atoms with van der Waals surface area (Å²) in [4.78, 5) is 0. The Kier molecular flexibility index (Phi) is 2.46. The van der Waals surface area contributed by atoms with Gasteiger partial charge in [-0.1, -0.05) is 48.5 Å². The maximum atomic E-state index is 2.38. The second kappa shape index (κ2) is 4.56. The Labute approximate surface area is 146 Å². The van der Waals surface area contributed by atoms with E-state index < -0.39 is 0 Å². The first-order chi connectivity index (χ1) is 11.9. The quantitative estimate of drug-likeness (QED) is 0.250. The zero-order valence-electron chi connectivity index (χ0n) is 12.7. The van der Waals surface area contributed by atoms with Crippen LogP contribution >= 0.6 is 22.7 Å². The maximum absolute atomic E-state index is 2.38. The Balaban J connectivity index is 1.75. The van der Waals surface area contributed by atoms with Crippen molar-refractivity contribution in [2.45, 2.75) is 0 Å². The van der Waals surface area contributed by atoms with E-state index in [1.807, 2.05) is 22.7 Å². The third-order valence-corrected chi connectivity index (χ3v) is 7.33. The van der Waals surface area contributed by atoms with Gasteiger partial charge in [-0.05, 0) is 56.6 Å². The molecule has 1 aromatic heterocycles. The highest BCUT2D eigenvalue weighted by atomic mass is 32.1. The summed E-state index contributed by atoms with van der Waals surface area (Å²) in [5.74, 6) is 0. The van der Waals surface area contributed by atoms with Gasteiger partial charge in [-0.2, -0.15) is 0 Å². The Hall–Kier alpha value is -2.42. The molecule has 0 nitrogen and oxygen atoms in total. The van der Waals surface area contributed by atoms with E-state index >= 15 is 0 Å². The largest absolute Gasteiger partial charge is 0.133 e. The molecule has 0 bridgehead atoms. The minimum Gasteiger partial charge on any atom is -0.133 e. The molecule has 112 valence electrons. The van der Waals surface area contributed by atoms with E-state index in [1.54, 1.807) is 0 Å². The average molecular weight is 340 g/mol. The molecule has 5 aromatic carbocycles. The van der Waals surface area contributed by atoms with Crippen LogP contribution in [-0.4, -0.2) is 0 Å². The predicted molar refractivity (Wildman–Crippen MR) is 110 cm³/mol. The summed E-state index contributed by atoms with van der Waals surface area (Å²) in [6.07, 6.45) is 0. The summed E-state index contributed by atoms with van der Waals surface area (Å²) in [5, 5.41) is 8.24. The topological polar surface area (TPSA) is 0 Å². The zero-order chi connectivity index (χ0) is 15.7. The number of benzene rings is 4. The van der Waals surface area contributed by atoms with Gasteiger partial charge in [0.05, 0.1) is 0 Å². The van der Waals surface area contributed by atoms with Crippen LogP contribution < -0.4 is 0 Å². The molecular weight excluding hydrogens is 328 g/mol. The van der Waals surface area contributed by atoms with Crippen LogP contribution in [0, 0.1) is 0 Å². The molecule has 0 aliphatic heterocycles. The van der Waals surface area contributed by atoms with Crippen LogP contribution in [0.15, 0.2) is 72.8 Å². The normalized spacial score (nSPS) is 12.2. The van der Waals surface area contributed by atoms with E-state index in [0.717, 1.165) is 0 Å². The van der Waals surface area contributed by atoms with E-state index in [4.69, 9.17) is 0 Å². The van der Waals surface area contributed by atoms with Crippen molar-refractivity contribution in [1.29, 1.82) is 0 Å². The smallest absolute Gasteiger partial charge is 0.0455 e. The number of hydrogen-bond acceptors (Lipinski definition) is 2. The summed E-state index contributed by atoms with van der Waals surface area (Å²) in [5.41, 5.74) is 0. The molecule has 0 aliphatic carbocycles. The lowest BCUT2D eigenvalue weighted by molar-refractivity contribution is 1.82. The van der Waals surface area contributed by atoms with Crippen molar-refractivity contribution in [3.8, 4) is 0 Å². The SMILES string of the molecule is c1ccc2cc3sc4cc5c6ccccc6c5cc4sc3cc2c1. The van der Waals surface area contributed by atoms with Crippen LogP contribution in [0.1, 0.15) is 0 Å². The van der Waals surface area contributed by atoms with Gasteiger partial charge in [0, 0.05) is 18.8 Å². The van der Waals surface area contributed by atoms with Gasteiger partial charge in [0.25, 0.3) is 0 Å². The molecular formula is C22H12S2. The molecule has 6 rings (SSSR count). The van der Waals surface area contributed by atoms with Crippen LogP contribution in [0.4, 0.5) is 0 Å². The molecule has 0 saturated carbocycles. The van der Waals surface area contributed by atoms with Crippen molar-refractivity contribution in [3.63, 3.8) is 0 Å². The second-order valence-corrected chi connectivity index (χ2v) is 8.41. The third-order valence-electron chi connectivity index (χ3n) is 4.84. The third kappa shape index (κ3) is 1.67. The van der Waals surface area contributed by atoms with Crippen molar-refractivity contribution in [1.82, 2.24) is 0 Å². The van der Waals surface area contributed by atoms with Crippen molar-refractivity contribution in [3.05, 3.63) is 72.8 Å². The van der Waals surface area contributed by atoms with E-state index in [-0.39, 0.29) is 0 Å².